The first-order valence-electron chi connectivity index (χ1n) is 7.57. The number of carbonyl (C=O) groups excluding carboxylic acids is 1. The quantitative estimate of drug-likeness (QED) is 0.500. The summed E-state index contributed by atoms with van der Waals surface area (Å²) >= 11 is 0. The molecule has 0 radical (unpaired) electrons. The Bertz CT molecular complexity index is 243. The lowest BCUT2D eigenvalue weighted by atomic mass is 9.84. The molecule has 0 aromatic heterocycles. The van der Waals surface area contributed by atoms with Gasteiger partial charge in [0, 0.05) is 12.8 Å². The van der Waals surface area contributed by atoms with Gasteiger partial charge >= 0.3 is 0 Å². The number of ketones is 1. The van der Waals surface area contributed by atoms with Crippen LogP contribution in [0.5, 0.6) is 0 Å². The van der Waals surface area contributed by atoms with Gasteiger partial charge in [0.15, 0.2) is 0 Å². The zero-order chi connectivity index (χ0) is 13.2. The maximum absolute atomic E-state index is 11.9. The molecular formula is C16H29NO. The molecule has 1 heterocycles. The van der Waals surface area contributed by atoms with E-state index in [0.29, 0.717) is 17.6 Å². The number of allylic oxidation sites excluding steroid dienone is 1. The van der Waals surface area contributed by atoms with Gasteiger partial charge in [-0.2, -0.15) is 0 Å². The van der Waals surface area contributed by atoms with Crippen LogP contribution >= 0.6 is 0 Å². The highest BCUT2D eigenvalue weighted by Crippen LogP contribution is 2.23. The Morgan fingerprint density at radius 1 is 1.44 bits per heavy atom. The standard InChI is InChI=1S/C16H29NO/c1-3-4-5-6-7-10-16(18)12-14(2)15-9-8-11-17-13-15/h3,14-15,17H,1,4-13H2,2H3. The highest BCUT2D eigenvalue weighted by atomic mass is 16.1. The average Bonchev–Trinajstić information content (AvgIpc) is 2.39. The molecule has 1 saturated heterocycles. The molecule has 2 unspecified atom stereocenters. The van der Waals surface area contributed by atoms with E-state index in [1.807, 2.05) is 6.08 Å². The second-order valence-electron chi connectivity index (χ2n) is 5.71. The Labute approximate surface area is 112 Å². The molecule has 0 bridgehead atoms. The van der Waals surface area contributed by atoms with Gasteiger partial charge in [-0.25, -0.2) is 0 Å². The van der Waals surface area contributed by atoms with Gasteiger partial charge in [0.1, 0.15) is 5.78 Å². The predicted molar refractivity (Wildman–Crippen MR) is 77.7 cm³/mol. The molecule has 0 aromatic carbocycles. The first kappa shape index (κ1) is 15.4. The summed E-state index contributed by atoms with van der Waals surface area (Å²) in [6.07, 6.45) is 10.6. The Kier molecular flexibility index (Phi) is 7.99. The van der Waals surface area contributed by atoms with Crippen LogP contribution in [0.2, 0.25) is 0 Å². The maximum atomic E-state index is 11.9. The van der Waals surface area contributed by atoms with Crippen molar-refractivity contribution in [3.05, 3.63) is 12.7 Å². The summed E-state index contributed by atoms with van der Waals surface area (Å²) in [6, 6.07) is 0. The second kappa shape index (κ2) is 9.32. The molecule has 1 fully saturated rings. The molecular weight excluding hydrogens is 222 g/mol. The minimum atomic E-state index is 0.465. The van der Waals surface area contributed by atoms with Gasteiger partial charge in [0.05, 0.1) is 0 Å². The van der Waals surface area contributed by atoms with Crippen molar-refractivity contribution in [1.82, 2.24) is 5.32 Å². The summed E-state index contributed by atoms with van der Waals surface area (Å²) in [5.74, 6) is 1.73. The smallest absolute Gasteiger partial charge is 0.133 e. The van der Waals surface area contributed by atoms with E-state index in [1.165, 1.54) is 19.3 Å². The monoisotopic (exact) mass is 251 g/mol. The van der Waals surface area contributed by atoms with Crippen LogP contribution in [0.4, 0.5) is 0 Å². The maximum Gasteiger partial charge on any atom is 0.133 e. The summed E-state index contributed by atoms with van der Waals surface area (Å²) < 4.78 is 0. The number of carbonyl (C=O) groups is 1. The van der Waals surface area contributed by atoms with Gasteiger partial charge in [0.2, 0.25) is 0 Å². The van der Waals surface area contributed by atoms with Crippen LogP contribution in [-0.2, 0) is 4.79 Å². The van der Waals surface area contributed by atoms with Gasteiger partial charge in [0.25, 0.3) is 0 Å². The van der Waals surface area contributed by atoms with Gasteiger partial charge < -0.3 is 5.32 Å². The third-order valence-electron chi connectivity index (χ3n) is 4.05. The molecule has 1 aliphatic rings. The molecule has 2 heteroatoms. The van der Waals surface area contributed by atoms with Gasteiger partial charge in [-0.3, -0.25) is 4.79 Å². The fourth-order valence-electron chi connectivity index (χ4n) is 2.78. The number of hydrogen-bond acceptors (Lipinski definition) is 2. The first-order chi connectivity index (χ1) is 8.74. The van der Waals surface area contributed by atoms with Crippen LogP contribution in [0.25, 0.3) is 0 Å². The second-order valence-corrected chi connectivity index (χ2v) is 5.71. The highest BCUT2D eigenvalue weighted by molar-refractivity contribution is 5.78. The fourth-order valence-corrected chi connectivity index (χ4v) is 2.78. The molecule has 18 heavy (non-hydrogen) atoms. The lowest BCUT2D eigenvalue weighted by molar-refractivity contribution is -0.120. The van der Waals surface area contributed by atoms with Crippen molar-refractivity contribution in [2.24, 2.45) is 11.8 Å². The Balaban J connectivity index is 2.08. The van der Waals surface area contributed by atoms with E-state index in [-0.39, 0.29) is 0 Å². The van der Waals surface area contributed by atoms with Crippen molar-refractivity contribution in [1.29, 1.82) is 0 Å². The van der Waals surface area contributed by atoms with Crippen LogP contribution < -0.4 is 5.32 Å². The molecule has 0 spiro atoms. The van der Waals surface area contributed by atoms with E-state index >= 15 is 0 Å². The van der Waals surface area contributed by atoms with Crippen molar-refractivity contribution in [2.75, 3.05) is 13.1 Å². The summed E-state index contributed by atoms with van der Waals surface area (Å²) in [5.41, 5.74) is 0. The molecule has 1 rings (SSSR count). The Morgan fingerprint density at radius 3 is 2.94 bits per heavy atom. The van der Waals surface area contributed by atoms with Crippen LogP contribution in [0, 0.1) is 11.8 Å². The van der Waals surface area contributed by atoms with Crippen molar-refractivity contribution in [3.63, 3.8) is 0 Å². The number of Topliss-reactive ketones (excluding diaryl/α,β-unsaturated/α-hetero) is 1. The molecule has 0 aliphatic carbocycles. The van der Waals surface area contributed by atoms with Crippen molar-refractivity contribution < 1.29 is 4.79 Å². The molecule has 0 amide bonds. The van der Waals surface area contributed by atoms with E-state index in [2.05, 4.69) is 18.8 Å². The largest absolute Gasteiger partial charge is 0.316 e. The lowest BCUT2D eigenvalue weighted by Crippen LogP contribution is -2.33. The van der Waals surface area contributed by atoms with Gasteiger partial charge in [-0.1, -0.05) is 19.4 Å². The Morgan fingerprint density at radius 2 is 2.28 bits per heavy atom. The zero-order valence-electron chi connectivity index (χ0n) is 11.9. The molecule has 2 nitrogen and oxygen atoms in total. The van der Waals surface area contributed by atoms with Crippen LogP contribution in [0.3, 0.4) is 0 Å². The average molecular weight is 251 g/mol. The number of piperidine rings is 1. The molecule has 0 aromatic rings. The van der Waals surface area contributed by atoms with E-state index < -0.39 is 0 Å². The van der Waals surface area contributed by atoms with E-state index in [4.69, 9.17) is 0 Å². The summed E-state index contributed by atoms with van der Waals surface area (Å²) in [5, 5.41) is 3.43. The SMILES string of the molecule is C=CCCCCCC(=O)CC(C)C1CCCNC1. The Hall–Kier alpha value is -0.630. The number of unbranched alkanes of at least 4 members (excludes halogenated alkanes) is 3. The fraction of sp³-hybridized carbons (Fsp3) is 0.812. The van der Waals surface area contributed by atoms with E-state index in [1.54, 1.807) is 0 Å². The van der Waals surface area contributed by atoms with Crippen LogP contribution in [0.15, 0.2) is 12.7 Å². The summed E-state index contributed by atoms with van der Waals surface area (Å²) in [7, 11) is 0. The highest BCUT2D eigenvalue weighted by Gasteiger charge is 2.21. The van der Waals surface area contributed by atoms with Crippen molar-refractivity contribution in [3.8, 4) is 0 Å². The summed E-state index contributed by atoms with van der Waals surface area (Å²) in [4.78, 5) is 11.9. The third kappa shape index (κ3) is 6.34. The molecule has 1 aliphatic heterocycles. The molecule has 104 valence electrons. The van der Waals surface area contributed by atoms with E-state index in [9.17, 15) is 4.79 Å². The van der Waals surface area contributed by atoms with Crippen molar-refractivity contribution in [2.45, 2.75) is 58.3 Å². The van der Waals surface area contributed by atoms with Gasteiger partial charge in [-0.15, -0.1) is 6.58 Å². The number of hydrogen-bond donors (Lipinski definition) is 1. The topological polar surface area (TPSA) is 29.1 Å². The lowest BCUT2D eigenvalue weighted by Gasteiger charge is -2.28. The molecule has 1 N–H and O–H groups in total. The number of nitrogens with one attached hydrogen (secondary N) is 1. The van der Waals surface area contributed by atoms with E-state index in [0.717, 1.165) is 45.2 Å². The molecule has 0 saturated carbocycles. The first-order valence-corrected chi connectivity index (χ1v) is 7.57. The van der Waals surface area contributed by atoms with Crippen LogP contribution in [0.1, 0.15) is 58.3 Å². The third-order valence-corrected chi connectivity index (χ3v) is 4.05. The number of rotatable bonds is 9. The van der Waals surface area contributed by atoms with Crippen LogP contribution in [-0.4, -0.2) is 18.9 Å². The zero-order valence-corrected chi connectivity index (χ0v) is 11.9. The predicted octanol–water partition coefficient (Wildman–Crippen LogP) is 3.72. The van der Waals surface area contributed by atoms with Gasteiger partial charge in [-0.05, 0) is 57.0 Å². The normalized spacial score (nSPS) is 21.5. The molecule has 2 atom stereocenters. The minimum Gasteiger partial charge on any atom is -0.316 e. The minimum absolute atomic E-state index is 0.465. The van der Waals surface area contributed by atoms with Crippen molar-refractivity contribution >= 4 is 5.78 Å². The summed E-state index contributed by atoms with van der Waals surface area (Å²) in [6.45, 7) is 8.21.